The van der Waals surface area contributed by atoms with Crippen LogP contribution in [0, 0.1) is 12.3 Å². The Balaban J connectivity index is 3.48. The van der Waals surface area contributed by atoms with Crippen LogP contribution in [0.2, 0.25) is 0 Å². The molecule has 1 unspecified atom stereocenters. The highest BCUT2D eigenvalue weighted by atomic mass is 127. The molecule has 0 bridgehead atoms. The highest BCUT2D eigenvalue weighted by Crippen LogP contribution is 2.37. The van der Waals surface area contributed by atoms with Crippen LogP contribution in [0.25, 0.3) is 0 Å². The fourth-order valence-corrected chi connectivity index (χ4v) is 4.28. The summed E-state index contributed by atoms with van der Waals surface area (Å²) < 4.78 is 14.4. The summed E-state index contributed by atoms with van der Waals surface area (Å²) >= 11 is 3.82. The van der Waals surface area contributed by atoms with Crippen molar-refractivity contribution in [3.63, 3.8) is 0 Å². The van der Waals surface area contributed by atoms with Gasteiger partial charge in [-0.05, 0) is 22.6 Å². The molecule has 0 aromatic carbocycles. The average molecular weight is 413 g/mol. The van der Waals surface area contributed by atoms with Gasteiger partial charge in [0, 0.05) is 33.1 Å². The molecule has 1 aromatic rings. The van der Waals surface area contributed by atoms with Crippen molar-refractivity contribution >= 4 is 61.6 Å². The molecule has 66 valence electrons. The molecule has 0 spiro atoms. The predicted octanol–water partition coefficient (Wildman–Crippen LogP) is 3.02. The van der Waals surface area contributed by atoms with E-state index >= 15 is 0 Å². The van der Waals surface area contributed by atoms with Gasteiger partial charge in [0.25, 0.3) is 4.88 Å². The summed E-state index contributed by atoms with van der Waals surface area (Å²) in [7, 11) is -0.582. The summed E-state index contributed by atoms with van der Waals surface area (Å²) in [6.45, 7) is 0. The van der Waals surface area contributed by atoms with Crippen molar-refractivity contribution in [3.05, 3.63) is 17.1 Å². The third-order valence-electron chi connectivity index (χ3n) is 1.33. The topological polar surface area (TPSA) is 37.3 Å². The van der Waals surface area contributed by atoms with Gasteiger partial charge in [0.15, 0.2) is 0 Å². The second-order valence-corrected chi connectivity index (χ2v) is 6.77. The van der Waals surface area contributed by atoms with Crippen LogP contribution in [0.4, 0.5) is 4.39 Å². The van der Waals surface area contributed by atoms with Crippen LogP contribution in [0.5, 0.6) is 0 Å². The SMILES string of the molecule is C[s+]1c(I)c(I)c(F)c1C(=O)O. The minimum absolute atomic E-state index is 0.0937. The van der Waals surface area contributed by atoms with Crippen LogP contribution < -0.4 is 0 Å². The highest BCUT2D eigenvalue weighted by molar-refractivity contribution is 14.1. The maximum atomic E-state index is 13.2. The first-order chi connectivity index (χ1) is 5.46. The molecular weight excluding hydrogens is 409 g/mol. The molecule has 0 aliphatic carbocycles. The van der Waals surface area contributed by atoms with Crippen LogP contribution in [-0.4, -0.2) is 11.1 Å². The summed E-state index contributed by atoms with van der Waals surface area (Å²) in [4.78, 5) is 10.5. The molecular formula is C6H4FI2O2S+. The molecule has 2 nitrogen and oxygen atoms in total. The van der Waals surface area contributed by atoms with E-state index in [1.54, 1.807) is 6.26 Å². The minimum atomic E-state index is -1.15. The molecule has 1 atom stereocenters. The number of hydrogen-bond acceptors (Lipinski definition) is 1. The van der Waals surface area contributed by atoms with Crippen molar-refractivity contribution in [3.8, 4) is 0 Å². The number of hydrogen-bond donors (Lipinski definition) is 1. The van der Waals surface area contributed by atoms with E-state index in [0.717, 1.165) is 2.88 Å². The largest absolute Gasteiger partial charge is 0.474 e. The lowest BCUT2D eigenvalue weighted by Crippen LogP contribution is -1.96. The van der Waals surface area contributed by atoms with Gasteiger partial charge in [-0.15, -0.1) is 0 Å². The molecule has 1 rings (SSSR count). The van der Waals surface area contributed by atoms with Crippen molar-refractivity contribution in [2.75, 3.05) is 0 Å². The molecule has 1 N–H and O–H groups in total. The van der Waals surface area contributed by atoms with E-state index in [2.05, 4.69) is 0 Å². The molecule has 0 aliphatic heterocycles. The maximum absolute atomic E-state index is 13.2. The molecule has 0 saturated heterocycles. The summed E-state index contributed by atoms with van der Waals surface area (Å²) in [5, 5.41) is 8.67. The van der Waals surface area contributed by atoms with Gasteiger partial charge in [0.05, 0.1) is 0 Å². The Kier molecular flexibility index (Phi) is 3.32. The van der Waals surface area contributed by atoms with Gasteiger partial charge in [-0.3, -0.25) is 0 Å². The van der Waals surface area contributed by atoms with Crippen LogP contribution in [-0.2, 0) is 6.26 Å². The molecule has 0 saturated carbocycles. The quantitative estimate of drug-likeness (QED) is 0.568. The number of carboxylic acids is 1. The number of halogens is 3. The van der Waals surface area contributed by atoms with Crippen molar-refractivity contribution in [1.82, 2.24) is 0 Å². The summed E-state index contributed by atoms with van der Waals surface area (Å²) in [5.41, 5.74) is 0. The van der Waals surface area contributed by atoms with Crippen LogP contribution in [0.15, 0.2) is 0 Å². The van der Waals surface area contributed by atoms with Crippen LogP contribution in [0.1, 0.15) is 9.67 Å². The number of carboxylic acid groups (broad SMARTS) is 1. The normalized spacial score (nSPS) is 11.8. The summed E-state index contributed by atoms with van der Waals surface area (Å²) in [5.74, 6) is -1.72. The van der Waals surface area contributed by atoms with Crippen molar-refractivity contribution in [2.45, 2.75) is 0 Å². The minimum Gasteiger partial charge on any atom is -0.474 e. The molecule has 1 aromatic heterocycles. The van der Waals surface area contributed by atoms with Crippen molar-refractivity contribution < 1.29 is 14.3 Å². The fourth-order valence-electron chi connectivity index (χ4n) is 0.769. The standard InChI is InChI=1S/C6H3FI2O2S/c1-12-4(6(10)11)2(7)3(8)5(12)9/h1H3/p+1. The Labute approximate surface area is 98.4 Å². The van der Waals surface area contributed by atoms with E-state index in [4.69, 9.17) is 5.11 Å². The molecule has 1 heterocycles. The summed E-state index contributed by atoms with van der Waals surface area (Å²) in [6, 6.07) is 0. The summed E-state index contributed by atoms with van der Waals surface area (Å²) in [6.07, 6.45) is 1.72. The Bertz CT molecular complexity index is 322. The van der Waals surface area contributed by atoms with E-state index in [9.17, 15) is 9.18 Å². The van der Waals surface area contributed by atoms with Gasteiger partial charge in [-0.1, -0.05) is 0 Å². The Hall–Kier alpha value is 0.560. The van der Waals surface area contributed by atoms with Gasteiger partial charge in [-0.25, -0.2) is 4.79 Å². The molecule has 0 fully saturated rings. The van der Waals surface area contributed by atoms with Gasteiger partial charge in [0.1, 0.15) is 9.83 Å². The first-order valence-electron chi connectivity index (χ1n) is 2.81. The van der Waals surface area contributed by atoms with E-state index in [1.807, 2.05) is 45.2 Å². The zero-order valence-corrected chi connectivity index (χ0v) is 11.0. The number of carbonyl (C=O) groups is 1. The average Bonchev–Trinajstić information content (AvgIpc) is 2.16. The molecule has 6 heteroatoms. The van der Waals surface area contributed by atoms with E-state index < -0.39 is 22.3 Å². The fraction of sp³-hybridized carbons (Fsp3) is 0.167. The first-order valence-corrected chi connectivity index (χ1v) is 6.60. The second kappa shape index (κ2) is 3.74. The Morgan fingerprint density at radius 3 is 2.25 bits per heavy atom. The lowest BCUT2D eigenvalue weighted by Gasteiger charge is -1.82. The number of rotatable bonds is 1. The highest BCUT2D eigenvalue weighted by Gasteiger charge is 2.32. The monoisotopic (exact) mass is 413 g/mol. The Morgan fingerprint density at radius 1 is 1.58 bits per heavy atom. The van der Waals surface area contributed by atoms with Gasteiger partial charge >= 0.3 is 5.97 Å². The predicted molar refractivity (Wildman–Crippen MR) is 62.3 cm³/mol. The van der Waals surface area contributed by atoms with Gasteiger partial charge < -0.3 is 5.11 Å². The maximum Gasteiger partial charge on any atom is 0.392 e. The molecule has 0 aliphatic rings. The van der Waals surface area contributed by atoms with Crippen LogP contribution >= 0.6 is 55.7 Å². The van der Waals surface area contributed by atoms with Crippen molar-refractivity contribution in [2.24, 2.45) is 6.26 Å². The second-order valence-electron chi connectivity index (χ2n) is 2.05. The first kappa shape index (κ1) is 10.6. The van der Waals surface area contributed by atoms with E-state index in [1.165, 1.54) is 0 Å². The van der Waals surface area contributed by atoms with Gasteiger partial charge in [-0.2, -0.15) is 4.39 Å². The lowest BCUT2D eigenvalue weighted by atomic mass is 10.4. The zero-order chi connectivity index (χ0) is 9.46. The van der Waals surface area contributed by atoms with Gasteiger partial charge in [0.2, 0.25) is 8.70 Å². The smallest absolute Gasteiger partial charge is 0.392 e. The third-order valence-corrected chi connectivity index (χ3v) is 7.97. The number of thiophene rings is 1. The number of aromatic carboxylic acids is 1. The molecule has 0 amide bonds. The Morgan fingerprint density at radius 2 is 2.08 bits per heavy atom. The zero-order valence-electron chi connectivity index (χ0n) is 5.90. The molecule has 12 heavy (non-hydrogen) atoms. The van der Waals surface area contributed by atoms with Crippen LogP contribution in [0.3, 0.4) is 0 Å². The molecule has 0 radical (unpaired) electrons. The lowest BCUT2D eigenvalue weighted by molar-refractivity contribution is 0.0697. The van der Waals surface area contributed by atoms with E-state index in [-0.39, 0.29) is 4.88 Å². The van der Waals surface area contributed by atoms with E-state index in [0.29, 0.717) is 3.57 Å². The third kappa shape index (κ3) is 1.60. The van der Waals surface area contributed by atoms with Crippen molar-refractivity contribution in [1.29, 1.82) is 0 Å².